The van der Waals surface area contributed by atoms with E-state index in [1.807, 2.05) is 12.1 Å². The Balaban J connectivity index is 1.27. The lowest BCUT2D eigenvalue weighted by atomic mass is 9.85. The van der Waals surface area contributed by atoms with Crippen LogP contribution in [0.3, 0.4) is 0 Å². The first-order valence-electron chi connectivity index (χ1n) is 12.3. The number of fused-ring (bicyclic) bond motifs is 2. The van der Waals surface area contributed by atoms with Gasteiger partial charge in [-0.3, -0.25) is 19.9 Å². The van der Waals surface area contributed by atoms with Crippen molar-refractivity contribution in [3.63, 3.8) is 0 Å². The number of carbonyl (C=O) groups is 1. The number of aromatic amines is 2. The summed E-state index contributed by atoms with van der Waals surface area (Å²) in [5, 5.41) is 11.1. The van der Waals surface area contributed by atoms with Gasteiger partial charge in [-0.05, 0) is 43.2 Å². The SMILES string of the molecule is O=C(Nc1cncc(-c2cnc3[nH]nc(-c4nc5c(-c6ccccc6F)nccc5[nH]4)c3c2)c1)C1CCC1. The van der Waals surface area contributed by atoms with Crippen molar-refractivity contribution in [2.45, 2.75) is 19.3 Å². The van der Waals surface area contributed by atoms with Gasteiger partial charge in [0.15, 0.2) is 11.5 Å². The third-order valence-corrected chi connectivity index (χ3v) is 6.99. The molecular weight excluding hydrogens is 483 g/mol. The maximum atomic E-state index is 14.5. The molecule has 38 heavy (non-hydrogen) atoms. The molecule has 1 aliphatic carbocycles. The standard InChI is InChI=1S/C28H21FN8O/c29-21-7-2-1-6-19(21)23-25-22(8-9-31-23)34-27(35-25)24-20-11-17(13-32-26(20)37-36-24)16-10-18(14-30-12-16)33-28(38)15-4-3-5-15/h1-2,6-15H,3-5H2,(H,33,38)(H,34,35)(H,32,36,37). The van der Waals surface area contributed by atoms with Crippen LogP contribution in [0.2, 0.25) is 0 Å². The second kappa shape index (κ2) is 8.84. The van der Waals surface area contributed by atoms with Crippen LogP contribution in [0.1, 0.15) is 19.3 Å². The highest BCUT2D eigenvalue weighted by atomic mass is 19.1. The van der Waals surface area contributed by atoms with Crippen LogP contribution in [-0.4, -0.2) is 41.0 Å². The molecule has 6 aromatic rings. The second-order valence-electron chi connectivity index (χ2n) is 9.39. The topological polar surface area (TPSA) is 125 Å². The molecule has 1 amide bonds. The average Bonchev–Trinajstić information content (AvgIpc) is 3.52. The van der Waals surface area contributed by atoms with Gasteiger partial charge in [0, 0.05) is 41.2 Å². The van der Waals surface area contributed by atoms with Gasteiger partial charge in [-0.15, -0.1) is 0 Å². The number of amides is 1. The fourth-order valence-electron chi connectivity index (χ4n) is 4.72. The summed E-state index contributed by atoms with van der Waals surface area (Å²) in [4.78, 5) is 33.7. The molecule has 0 radical (unpaired) electrons. The number of imidazole rings is 1. The van der Waals surface area contributed by atoms with E-state index >= 15 is 0 Å². The summed E-state index contributed by atoms with van der Waals surface area (Å²) >= 11 is 0. The first-order valence-corrected chi connectivity index (χ1v) is 12.3. The number of hydrogen-bond acceptors (Lipinski definition) is 6. The Morgan fingerprint density at radius 3 is 2.71 bits per heavy atom. The quantitative estimate of drug-likeness (QED) is 0.285. The molecule has 9 nitrogen and oxygen atoms in total. The molecule has 0 unspecified atom stereocenters. The fraction of sp³-hybridized carbons (Fsp3) is 0.143. The first-order chi connectivity index (χ1) is 18.6. The van der Waals surface area contributed by atoms with Crippen molar-refractivity contribution < 1.29 is 9.18 Å². The summed E-state index contributed by atoms with van der Waals surface area (Å²) in [5.74, 6) is 0.268. The van der Waals surface area contributed by atoms with Gasteiger partial charge in [0.25, 0.3) is 0 Å². The van der Waals surface area contributed by atoms with Crippen LogP contribution in [0.5, 0.6) is 0 Å². The van der Waals surface area contributed by atoms with Crippen LogP contribution < -0.4 is 5.32 Å². The molecule has 0 saturated heterocycles. The first kappa shape index (κ1) is 22.2. The number of rotatable bonds is 5. The Hall–Kier alpha value is -4.99. The van der Waals surface area contributed by atoms with Crippen molar-refractivity contribution in [2.75, 3.05) is 5.32 Å². The number of halogens is 1. The molecule has 5 aromatic heterocycles. The van der Waals surface area contributed by atoms with Crippen molar-refractivity contribution in [1.29, 1.82) is 0 Å². The molecule has 0 spiro atoms. The van der Waals surface area contributed by atoms with Crippen LogP contribution in [-0.2, 0) is 4.79 Å². The monoisotopic (exact) mass is 504 g/mol. The highest BCUT2D eigenvalue weighted by molar-refractivity contribution is 5.97. The van der Waals surface area contributed by atoms with Gasteiger partial charge in [0.2, 0.25) is 5.91 Å². The fourth-order valence-corrected chi connectivity index (χ4v) is 4.72. The van der Waals surface area contributed by atoms with E-state index in [4.69, 9.17) is 4.98 Å². The number of carbonyl (C=O) groups excluding carboxylic acids is 1. The zero-order valence-corrected chi connectivity index (χ0v) is 20.1. The molecule has 0 aliphatic heterocycles. The van der Waals surface area contributed by atoms with Crippen molar-refractivity contribution >= 4 is 33.7 Å². The minimum Gasteiger partial charge on any atom is -0.336 e. The van der Waals surface area contributed by atoms with E-state index in [2.05, 4.69) is 35.5 Å². The third kappa shape index (κ3) is 3.78. The van der Waals surface area contributed by atoms with Crippen molar-refractivity contribution in [1.82, 2.24) is 35.1 Å². The molecule has 10 heteroatoms. The average molecular weight is 505 g/mol. The number of benzene rings is 1. The summed E-state index contributed by atoms with van der Waals surface area (Å²) in [6.45, 7) is 0. The largest absolute Gasteiger partial charge is 0.336 e. The van der Waals surface area contributed by atoms with E-state index < -0.39 is 0 Å². The van der Waals surface area contributed by atoms with Crippen LogP contribution in [0.25, 0.3) is 56.0 Å². The molecule has 1 fully saturated rings. The van der Waals surface area contributed by atoms with Gasteiger partial charge in [-0.1, -0.05) is 18.6 Å². The van der Waals surface area contributed by atoms with E-state index in [1.54, 1.807) is 49.1 Å². The maximum Gasteiger partial charge on any atom is 0.227 e. The number of pyridine rings is 3. The van der Waals surface area contributed by atoms with Crippen LogP contribution in [0.15, 0.2) is 67.3 Å². The normalized spacial score (nSPS) is 13.6. The number of aromatic nitrogens is 7. The van der Waals surface area contributed by atoms with Gasteiger partial charge in [0.1, 0.15) is 22.7 Å². The molecule has 1 saturated carbocycles. The predicted molar refractivity (Wildman–Crippen MR) is 141 cm³/mol. The molecule has 0 bridgehead atoms. The third-order valence-electron chi connectivity index (χ3n) is 6.99. The number of anilines is 1. The van der Waals surface area contributed by atoms with Gasteiger partial charge in [-0.2, -0.15) is 5.10 Å². The molecule has 1 aromatic carbocycles. The molecule has 186 valence electrons. The Morgan fingerprint density at radius 1 is 1.00 bits per heavy atom. The minimum absolute atomic E-state index is 0.0371. The van der Waals surface area contributed by atoms with Gasteiger partial charge in [-0.25, -0.2) is 14.4 Å². The van der Waals surface area contributed by atoms with E-state index in [9.17, 15) is 9.18 Å². The molecule has 3 N–H and O–H groups in total. The molecule has 7 rings (SSSR count). The summed E-state index contributed by atoms with van der Waals surface area (Å²) in [6.07, 6.45) is 9.70. The van der Waals surface area contributed by atoms with E-state index in [0.717, 1.165) is 35.8 Å². The lowest BCUT2D eigenvalue weighted by molar-refractivity contribution is -0.122. The number of nitrogens with zero attached hydrogens (tertiary/aromatic N) is 5. The number of nitrogens with one attached hydrogen (secondary N) is 3. The van der Waals surface area contributed by atoms with Gasteiger partial charge in [0.05, 0.1) is 22.8 Å². The van der Waals surface area contributed by atoms with Crippen LogP contribution in [0.4, 0.5) is 10.1 Å². The summed E-state index contributed by atoms with van der Waals surface area (Å²) in [5.41, 5.74) is 5.55. The lowest BCUT2D eigenvalue weighted by Crippen LogP contribution is -2.28. The zero-order valence-electron chi connectivity index (χ0n) is 20.1. The van der Waals surface area contributed by atoms with Crippen molar-refractivity contribution in [3.8, 4) is 33.9 Å². The Kier molecular flexibility index (Phi) is 5.17. The summed E-state index contributed by atoms with van der Waals surface area (Å²) < 4.78 is 14.5. The van der Waals surface area contributed by atoms with Gasteiger partial charge >= 0.3 is 0 Å². The molecule has 5 heterocycles. The maximum absolute atomic E-state index is 14.5. The summed E-state index contributed by atoms with van der Waals surface area (Å²) in [7, 11) is 0. The van der Waals surface area contributed by atoms with E-state index in [0.29, 0.717) is 45.1 Å². The van der Waals surface area contributed by atoms with E-state index in [1.165, 1.54) is 6.07 Å². The smallest absolute Gasteiger partial charge is 0.227 e. The van der Waals surface area contributed by atoms with Crippen LogP contribution in [0, 0.1) is 11.7 Å². The lowest BCUT2D eigenvalue weighted by Gasteiger charge is -2.24. The Labute approximate surface area is 215 Å². The van der Waals surface area contributed by atoms with Crippen molar-refractivity contribution in [3.05, 3.63) is 73.1 Å². The highest BCUT2D eigenvalue weighted by Gasteiger charge is 2.25. The number of H-pyrrole nitrogens is 2. The molecular formula is C28H21FN8O. The minimum atomic E-state index is -0.365. The Bertz CT molecular complexity index is 1840. The molecule has 1 aliphatic rings. The predicted octanol–water partition coefficient (Wildman–Crippen LogP) is 5.50. The Morgan fingerprint density at radius 2 is 1.87 bits per heavy atom. The summed E-state index contributed by atoms with van der Waals surface area (Å²) in [6, 6.07) is 12.1. The zero-order chi connectivity index (χ0) is 25.6. The van der Waals surface area contributed by atoms with Gasteiger partial charge < -0.3 is 10.3 Å². The van der Waals surface area contributed by atoms with Crippen molar-refractivity contribution in [2.24, 2.45) is 5.92 Å². The second-order valence-corrected chi connectivity index (χ2v) is 9.39. The van der Waals surface area contributed by atoms with E-state index in [-0.39, 0.29) is 17.6 Å². The molecule has 0 atom stereocenters. The highest BCUT2D eigenvalue weighted by Crippen LogP contribution is 2.33. The number of hydrogen-bond donors (Lipinski definition) is 3. The van der Waals surface area contributed by atoms with Crippen LogP contribution >= 0.6 is 0 Å².